The second kappa shape index (κ2) is 7.56. The molecular weight excluding hydrogens is 469 g/mol. The van der Waals surface area contributed by atoms with Crippen LogP contribution in [0.25, 0.3) is 10.9 Å². The summed E-state index contributed by atoms with van der Waals surface area (Å²) in [6, 6.07) is 13.2. The highest BCUT2D eigenvalue weighted by atomic mass is 127. The molecule has 0 saturated carbocycles. The predicted octanol–water partition coefficient (Wildman–Crippen LogP) is 4.12. The summed E-state index contributed by atoms with van der Waals surface area (Å²) in [5, 5.41) is 0.847. The number of carbonyl (C=O) groups excluding carboxylic acids is 1. The lowest BCUT2D eigenvalue weighted by Crippen LogP contribution is -2.47. The second-order valence-electron chi connectivity index (χ2n) is 6.80. The number of pyridine rings is 1. The van der Waals surface area contributed by atoms with Gasteiger partial charge in [-0.25, -0.2) is 0 Å². The van der Waals surface area contributed by atoms with E-state index in [4.69, 9.17) is 9.47 Å². The van der Waals surface area contributed by atoms with E-state index in [0.29, 0.717) is 17.1 Å². The first-order valence-corrected chi connectivity index (χ1v) is 9.98. The molecule has 28 heavy (non-hydrogen) atoms. The molecule has 1 aliphatic heterocycles. The highest BCUT2D eigenvalue weighted by Crippen LogP contribution is 2.39. The van der Waals surface area contributed by atoms with Crippen LogP contribution in [0.4, 0.5) is 5.69 Å². The third-order valence-electron chi connectivity index (χ3n) is 4.92. The first-order chi connectivity index (χ1) is 13.5. The van der Waals surface area contributed by atoms with Crippen LogP contribution in [0.1, 0.15) is 17.3 Å². The van der Waals surface area contributed by atoms with Crippen LogP contribution >= 0.6 is 22.6 Å². The van der Waals surface area contributed by atoms with Gasteiger partial charge in [0.2, 0.25) is 6.79 Å². The largest absolute Gasteiger partial charge is 0.454 e. The van der Waals surface area contributed by atoms with Crippen LogP contribution in [0, 0.1) is 3.57 Å². The smallest absolute Gasteiger partial charge is 0.260 e. The molecule has 1 aromatic heterocycles. The van der Waals surface area contributed by atoms with Crippen LogP contribution in [-0.4, -0.2) is 42.8 Å². The minimum atomic E-state index is -0.167. The maximum absolute atomic E-state index is 13.6. The van der Waals surface area contributed by atoms with Crippen LogP contribution in [-0.2, 0) is 0 Å². The number of amides is 1. The SMILES string of the molecule is CC(N(C)C)N(C(=O)c1ccccc1I)c1ccnc2cc3c(cc12)OCO3. The number of halogens is 1. The van der Waals surface area contributed by atoms with Gasteiger partial charge in [0.25, 0.3) is 5.91 Å². The van der Waals surface area contributed by atoms with Crippen LogP contribution in [0.15, 0.2) is 48.7 Å². The van der Waals surface area contributed by atoms with Crippen molar-refractivity contribution in [3.05, 3.63) is 57.8 Å². The van der Waals surface area contributed by atoms with Crippen LogP contribution in [0.3, 0.4) is 0 Å². The molecule has 0 saturated heterocycles. The van der Waals surface area contributed by atoms with Crippen molar-refractivity contribution < 1.29 is 14.3 Å². The number of hydrogen-bond donors (Lipinski definition) is 0. The Morgan fingerprint density at radius 3 is 2.57 bits per heavy atom. The Bertz CT molecular complexity index is 1050. The van der Waals surface area contributed by atoms with Gasteiger partial charge >= 0.3 is 0 Å². The van der Waals surface area contributed by atoms with E-state index in [1.54, 1.807) is 6.20 Å². The Kier molecular flexibility index (Phi) is 5.11. The molecule has 0 fully saturated rings. The number of aromatic nitrogens is 1. The summed E-state index contributed by atoms with van der Waals surface area (Å²) in [5.74, 6) is 1.28. The zero-order chi connectivity index (χ0) is 19.8. The van der Waals surface area contributed by atoms with Crippen molar-refractivity contribution in [2.24, 2.45) is 0 Å². The number of nitrogens with zero attached hydrogens (tertiary/aromatic N) is 3. The van der Waals surface area contributed by atoms with E-state index in [1.807, 2.05) is 73.3 Å². The van der Waals surface area contributed by atoms with Crippen LogP contribution in [0.5, 0.6) is 11.5 Å². The van der Waals surface area contributed by atoms with Gasteiger partial charge in [-0.15, -0.1) is 0 Å². The number of carbonyl (C=O) groups is 1. The van der Waals surface area contributed by atoms with Gasteiger partial charge in [-0.05, 0) is 67.9 Å². The molecule has 0 radical (unpaired) electrons. The average molecular weight is 489 g/mol. The lowest BCUT2D eigenvalue weighted by Gasteiger charge is -2.34. The van der Waals surface area contributed by atoms with Gasteiger partial charge in [0.05, 0.1) is 22.9 Å². The molecule has 1 amide bonds. The van der Waals surface area contributed by atoms with E-state index in [-0.39, 0.29) is 18.9 Å². The average Bonchev–Trinajstić information content (AvgIpc) is 3.14. The van der Waals surface area contributed by atoms with E-state index in [2.05, 4.69) is 27.6 Å². The van der Waals surface area contributed by atoms with Crippen molar-refractivity contribution in [1.82, 2.24) is 9.88 Å². The molecule has 2 heterocycles. The van der Waals surface area contributed by atoms with Gasteiger partial charge < -0.3 is 9.47 Å². The second-order valence-corrected chi connectivity index (χ2v) is 7.97. The number of rotatable bonds is 4. The molecule has 0 aliphatic carbocycles. The fourth-order valence-electron chi connectivity index (χ4n) is 3.21. The number of anilines is 1. The molecule has 0 bridgehead atoms. The molecule has 1 unspecified atom stereocenters. The fraction of sp³-hybridized carbons (Fsp3) is 0.238. The minimum Gasteiger partial charge on any atom is -0.454 e. The van der Waals surface area contributed by atoms with Crippen LogP contribution < -0.4 is 14.4 Å². The summed E-state index contributed by atoms with van der Waals surface area (Å²) in [6.45, 7) is 2.20. The lowest BCUT2D eigenvalue weighted by molar-refractivity contribution is 0.0953. The molecule has 3 aromatic rings. The summed E-state index contributed by atoms with van der Waals surface area (Å²) < 4.78 is 11.9. The summed E-state index contributed by atoms with van der Waals surface area (Å²) in [6.07, 6.45) is 1.55. The van der Waals surface area contributed by atoms with E-state index in [0.717, 1.165) is 20.2 Å². The monoisotopic (exact) mass is 489 g/mol. The Hall–Kier alpha value is -2.39. The number of hydrogen-bond acceptors (Lipinski definition) is 5. The maximum Gasteiger partial charge on any atom is 0.260 e. The third-order valence-corrected chi connectivity index (χ3v) is 5.86. The topological polar surface area (TPSA) is 54.9 Å². The third kappa shape index (κ3) is 3.29. The molecule has 6 nitrogen and oxygen atoms in total. The molecule has 0 N–H and O–H groups in total. The molecule has 7 heteroatoms. The van der Waals surface area contributed by atoms with Gasteiger partial charge in [0.15, 0.2) is 11.5 Å². The predicted molar refractivity (Wildman–Crippen MR) is 117 cm³/mol. The van der Waals surface area contributed by atoms with Gasteiger partial charge in [-0.1, -0.05) is 12.1 Å². The summed E-state index contributed by atoms with van der Waals surface area (Å²) in [4.78, 5) is 21.9. The molecule has 4 rings (SSSR count). The first kappa shape index (κ1) is 18.9. The van der Waals surface area contributed by atoms with Crippen LogP contribution in [0.2, 0.25) is 0 Å². The van der Waals surface area contributed by atoms with Crippen molar-refractivity contribution in [3.8, 4) is 11.5 Å². The van der Waals surface area contributed by atoms with Crippen molar-refractivity contribution >= 4 is 45.1 Å². The highest BCUT2D eigenvalue weighted by molar-refractivity contribution is 14.1. The Labute approximate surface area is 177 Å². The fourth-order valence-corrected chi connectivity index (χ4v) is 3.83. The molecular formula is C21H20IN3O3. The summed E-state index contributed by atoms with van der Waals surface area (Å²) in [7, 11) is 3.91. The first-order valence-electron chi connectivity index (χ1n) is 8.90. The normalized spacial score (nSPS) is 13.8. The Morgan fingerprint density at radius 1 is 1.14 bits per heavy atom. The van der Waals surface area contributed by atoms with E-state index in [9.17, 15) is 4.79 Å². The standard InChI is InChI=1S/C21H20IN3O3/c1-13(24(2)3)25(21(26)14-6-4-5-7-16(14)22)18-8-9-23-17-11-20-19(10-15(17)18)27-12-28-20/h4-11,13H,12H2,1-3H3. The van der Waals surface area contributed by atoms with Gasteiger partial charge in [-0.2, -0.15) is 0 Å². The number of fused-ring (bicyclic) bond motifs is 2. The van der Waals surface area contributed by atoms with Crippen molar-refractivity contribution in [3.63, 3.8) is 0 Å². The number of benzene rings is 2. The quantitative estimate of drug-likeness (QED) is 0.408. The molecule has 2 aromatic carbocycles. The minimum absolute atomic E-state index is 0.0589. The zero-order valence-electron chi connectivity index (χ0n) is 15.8. The van der Waals surface area contributed by atoms with E-state index < -0.39 is 0 Å². The van der Waals surface area contributed by atoms with Crippen molar-refractivity contribution in [2.75, 3.05) is 25.8 Å². The van der Waals surface area contributed by atoms with Gasteiger partial charge in [0, 0.05) is 21.2 Å². The Balaban J connectivity index is 1.90. The number of ether oxygens (including phenoxy) is 2. The molecule has 144 valence electrons. The zero-order valence-corrected chi connectivity index (χ0v) is 18.0. The van der Waals surface area contributed by atoms with Gasteiger partial charge in [0.1, 0.15) is 0 Å². The molecule has 0 spiro atoms. The van der Waals surface area contributed by atoms with Crippen molar-refractivity contribution in [1.29, 1.82) is 0 Å². The van der Waals surface area contributed by atoms with Gasteiger partial charge in [-0.3, -0.25) is 19.6 Å². The van der Waals surface area contributed by atoms with E-state index in [1.165, 1.54) is 0 Å². The van der Waals surface area contributed by atoms with E-state index >= 15 is 0 Å². The molecule has 1 aliphatic rings. The lowest BCUT2D eigenvalue weighted by atomic mass is 10.1. The van der Waals surface area contributed by atoms with Crippen molar-refractivity contribution in [2.45, 2.75) is 13.1 Å². The Morgan fingerprint density at radius 2 is 1.86 bits per heavy atom. The summed E-state index contributed by atoms with van der Waals surface area (Å²) >= 11 is 2.20. The summed E-state index contributed by atoms with van der Waals surface area (Å²) in [5.41, 5.74) is 2.21. The maximum atomic E-state index is 13.6. The molecule has 1 atom stereocenters. The highest BCUT2D eigenvalue weighted by Gasteiger charge is 2.28.